The Bertz CT molecular complexity index is 676. The first-order chi connectivity index (χ1) is 11.2. The molecule has 1 aromatic heterocycles. The molecule has 1 aliphatic rings. The number of ether oxygens (including phenoxy) is 2. The highest BCUT2D eigenvalue weighted by Crippen LogP contribution is 2.32. The number of benzene rings is 1. The molecule has 0 saturated heterocycles. The van der Waals surface area contributed by atoms with Crippen molar-refractivity contribution in [1.29, 1.82) is 0 Å². The topological polar surface area (TPSA) is 63.7 Å². The van der Waals surface area contributed by atoms with Crippen LogP contribution in [-0.4, -0.2) is 42.7 Å². The normalized spacial score (nSPS) is 12.6. The second-order valence-corrected chi connectivity index (χ2v) is 5.28. The van der Waals surface area contributed by atoms with Crippen LogP contribution in [0, 0.1) is 0 Å². The van der Waals surface area contributed by atoms with Crippen molar-refractivity contribution in [3.63, 3.8) is 0 Å². The molecule has 23 heavy (non-hydrogen) atoms. The molecule has 0 atom stereocenters. The molecule has 1 N–H and O–H groups in total. The van der Waals surface area contributed by atoms with Gasteiger partial charge in [0.1, 0.15) is 13.2 Å². The summed E-state index contributed by atoms with van der Waals surface area (Å²) in [7, 11) is 1.76. The summed E-state index contributed by atoms with van der Waals surface area (Å²) < 4.78 is 11.0. The van der Waals surface area contributed by atoms with Gasteiger partial charge in [0, 0.05) is 43.7 Å². The Labute approximate surface area is 135 Å². The summed E-state index contributed by atoms with van der Waals surface area (Å²) in [4.78, 5) is 18.1. The van der Waals surface area contributed by atoms with Crippen LogP contribution in [0.1, 0.15) is 5.69 Å². The van der Waals surface area contributed by atoms with E-state index in [2.05, 4.69) is 10.3 Å². The fraction of sp³-hybridized carbons (Fsp3) is 0.294. The number of nitrogens with zero attached hydrogens (tertiary/aromatic N) is 2. The molecule has 3 rings (SSSR count). The van der Waals surface area contributed by atoms with Gasteiger partial charge in [-0.1, -0.05) is 6.07 Å². The standard InChI is InChI=1S/C17H19N3O3/c1-20(9-7-13-4-2-3-8-18-13)17(21)19-14-5-6-15-16(12-14)23-11-10-22-15/h2-6,8,12H,7,9-11H2,1H3,(H,19,21). The zero-order chi connectivity index (χ0) is 16.1. The van der Waals surface area contributed by atoms with Gasteiger partial charge in [-0.15, -0.1) is 0 Å². The molecule has 0 aliphatic carbocycles. The summed E-state index contributed by atoms with van der Waals surface area (Å²) in [6.07, 6.45) is 2.47. The summed E-state index contributed by atoms with van der Waals surface area (Å²) >= 11 is 0. The van der Waals surface area contributed by atoms with Gasteiger partial charge in [0.15, 0.2) is 11.5 Å². The van der Waals surface area contributed by atoms with Gasteiger partial charge < -0.3 is 19.7 Å². The average Bonchev–Trinajstić information content (AvgIpc) is 2.60. The van der Waals surface area contributed by atoms with Crippen LogP contribution >= 0.6 is 0 Å². The van der Waals surface area contributed by atoms with Gasteiger partial charge in [-0.25, -0.2) is 4.79 Å². The van der Waals surface area contributed by atoms with E-state index in [0.29, 0.717) is 43.4 Å². The van der Waals surface area contributed by atoms with E-state index in [4.69, 9.17) is 9.47 Å². The van der Waals surface area contributed by atoms with E-state index in [0.717, 1.165) is 5.69 Å². The van der Waals surface area contributed by atoms with Crippen LogP contribution in [0.3, 0.4) is 0 Å². The first-order valence-corrected chi connectivity index (χ1v) is 7.54. The van der Waals surface area contributed by atoms with E-state index < -0.39 is 0 Å². The minimum atomic E-state index is -0.169. The number of likely N-dealkylation sites (N-methyl/N-ethyl adjacent to an activating group) is 1. The van der Waals surface area contributed by atoms with Crippen LogP contribution < -0.4 is 14.8 Å². The van der Waals surface area contributed by atoms with Crippen LogP contribution in [0.2, 0.25) is 0 Å². The van der Waals surface area contributed by atoms with Gasteiger partial charge in [-0.05, 0) is 24.3 Å². The zero-order valence-corrected chi connectivity index (χ0v) is 13.0. The van der Waals surface area contributed by atoms with Crippen LogP contribution in [0.4, 0.5) is 10.5 Å². The second kappa shape index (κ2) is 7.00. The fourth-order valence-electron chi connectivity index (χ4n) is 2.27. The Morgan fingerprint density at radius 1 is 1.22 bits per heavy atom. The molecule has 2 amide bonds. The summed E-state index contributed by atoms with van der Waals surface area (Å²) in [5.74, 6) is 1.36. The molecule has 1 aliphatic heterocycles. The smallest absolute Gasteiger partial charge is 0.321 e. The Kier molecular flexibility index (Phi) is 4.61. The zero-order valence-electron chi connectivity index (χ0n) is 13.0. The summed E-state index contributed by atoms with van der Waals surface area (Å²) in [5.41, 5.74) is 1.65. The molecule has 0 spiro atoms. The minimum Gasteiger partial charge on any atom is -0.486 e. The molecule has 0 saturated carbocycles. The van der Waals surface area contributed by atoms with E-state index in [1.54, 1.807) is 36.3 Å². The predicted octanol–water partition coefficient (Wildman–Crippen LogP) is 2.56. The van der Waals surface area contributed by atoms with E-state index in [9.17, 15) is 4.79 Å². The number of urea groups is 1. The van der Waals surface area contributed by atoms with Crippen molar-refractivity contribution in [1.82, 2.24) is 9.88 Å². The monoisotopic (exact) mass is 313 g/mol. The molecule has 1 aromatic carbocycles. The SMILES string of the molecule is CN(CCc1ccccn1)C(=O)Nc1ccc2c(c1)OCCO2. The van der Waals surface area contributed by atoms with Gasteiger partial charge in [0.25, 0.3) is 0 Å². The number of fused-ring (bicyclic) bond motifs is 1. The Hall–Kier alpha value is -2.76. The van der Waals surface area contributed by atoms with E-state index >= 15 is 0 Å². The van der Waals surface area contributed by atoms with E-state index in [1.165, 1.54) is 0 Å². The van der Waals surface area contributed by atoms with Crippen molar-refractivity contribution in [2.45, 2.75) is 6.42 Å². The van der Waals surface area contributed by atoms with Gasteiger partial charge in [-0.3, -0.25) is 4.98 Å². The quantitative estimate of drug-likeness (QED) is 0.942. The number of nitrogens with one attached hydrogen (secondary N) is 1. The van der Waals surface area contributed by atoms with Crippen LogP contribution in [0.15, 0.2) is 42.6 Å². The van der Waals surface area contributed by atoms with Gasteiger partial charge in [0.2, 0.25) is 0 Å². The number of hydrogen-bond acceptors (Lipinski definition) is 4. The third-order valence-corrected chi connectivity index (χ3v) is 3.57. The largest absolute Gasteiger partial charge is 0.486 e. The number of amides is 2. The molecular weight excluding hydrogens is 294 g/mol. The van der Waals surface area contributed by atoms with Crippen LogP contribution in [0.5, 0.6) is 11.5 Å². The van der Waals surface area contributed by atoms with E-state index in [-0.39, 0.29) is 6.03 Å². The Morgan fingerprint density at radius 3 is 2.83 bits per heavy atom. The number of pyridine rings is 1. The third-order valence-electron chi connectivity index (χ3n) is 3.57. The highest BCUT2D eigenvalue weighted by Gasteiger charge is 2.14. The lowest BCUT2D eigenvalue weighted by Crippen LogP contribution is -2.33. The minimum absolute atomic E-state index is 0.169. The lowest BCUT2D eigenvalue weighted by Gasteiger charge is -2.21. The average molecular weight is 313 g/mol. The molecule has 0 radical (unpaired) electrons. The van der Waals surface area contributed by atoms with Gasteiger partial charge >= 0.3 is 6.03 Å². The number of aromatic nitrogens is 1. The lowest BCUT2D eigenvalue weighted by atomic mass is 10.2. The van der Waals surface area contributed by atoms with Gasteiger partial charge in [-0.2, -0.15) is 0 Å². The highest BCUT2D eigenvalue weighted by atomic mass is 16.6. The molecule has 6 heteroatoms. The first-order valence-electron chi connectivity index (χ1n) is 7.54. The van der Waals surface area contributed by atoms with Crippen molar-refractivity contribution in [2.75, 3.05) is 32.1 Å². The maximum Gasteiger partial charge on any atom is 0.321 e. The Balaban J connectivity index is 1.56. The molecule has 2 aromatic rings. The molecule has 120 valence electrons. The van der Waals surface area contributed by atoms with Crippen molar-refractivity contribution in [2.24, 2.45) is 0 Å². The predicted molar refractivity (Wildman–Crippen MR) is 87.0 cm³/mol. The lowest BCUT2D eigenvalue weighted by molar-refractivity contribution is 0.171. The van der Waals surface area contributed by atoms with Crippen LogP contribution in [-0.2, 0) is 6.42 Å². The molecular formula is C17H19N3O3. The number of carbonyl (C=O) groups excluding carboxylic acids is 1. The second-order valence-electron chi connectivity index (χ2n) is 5.28. The molecule has 0 fully saturated rings. The summed E-state index contributed by atoms with van der Waals surface area (Å²) in [6.45, 7) is 1.66. The Morgan fingerprint density at radius 2 is 2.04 bits per heavy atom. The van der Waals surface area contributed by atoms with E-state index in [1.807, 2.05) is 18.2 Å². The van der Waals surface area contributed by atoms with Gasteiger partial charge in [0.05, 0.1) is 0 Å². The molecule has 0 bridgehead atoms. The maximum absolute atomic E-state index is 12.2. The first kappa shape index (κ1) is 15.1. The van der Waals surface area contributed by atoms with Crippen molar-refractivity contribution in [3.8, 4) is 11.5 Å². The molecule has 6 nitrogen and oxygen atoms in total. The number of anilines is 1. The number of hydrogen-bond donors (Lipinski definition) is 1. The van der Waals surface area contributed by atoms with Crippen molar-refractivity contribution >= 4 is 11.7 Å². The fourth-order valence-corrected chi connectivity index (χ4v) is 2.27. The highest BCUT2D eigenvalue weighted by molar-refractivity contribution is 5.89. The maximum atomic E-state index is 12.2. The van der Waals surface area contributed by atoms with Crippen molar-refractivity contribution in [3.05, 3.63) is 48.3 Å². The number of rotatable bonds is 4. The van der Waals surface area contributed by atoms with Crippen molar-refractivity contribution < 1.29 is 14.3 Å². The molecule has 2 heterocycles. The summed E-state index contributed by atoms with van der Waals surface area (Å²) in [6, 6.07) is 11.0. The molecule has 0 unspecified atom stereocenters. The number of carbonyl (C=O) groups is 1. The summed E-state index contributed by atoms with van der Waals surface area (Å²) in [5, 5.41) is 2.86. The van der Waals surface area contributed by atoms with Crippen LogP contribution in [0.25, 0.3) is 0 Å². The third kappa shape index (κ3) is 3.91.